The molecule has 3 aromatic rings. The number of ether oxygens (including phenoxy) is 1. The number of likely N-dealkylation sites (tertiary alicyclic amines) is 1. The molecule has 1 fully saturated rings. The van der Waals surface area contributed by atoms with Crippen LogP contribution in [-0.4, -0.2) is 45.5 Å². The van der Waals surface area contributed by atoms with Crippen molar-refractivity contribution in [2.45, 2.75) is 31.8 Å². The van der Waals surface area contributed by atoms with Crippen LogP contribution in [0.4, 0.5) is 0 Å². The number of fused-ring (bicyclic) bond motifs is 2. The summed E-state index contributed by atoms with van der Waals surface area (Å²) in [6.07, 6.45) is 3.13. The van der Waals surface area contributed by atoms with Crippen LogP contribution >= 0.6 is 23.2 Å². The number of H-pyrrole nitrogens is 1. The lowest BCUT2D eigenvalue weighted by molar-refractivity contribution is -0.00572. The fourth-order valence-electron chi connectivity index (χ4n) is 4.33. The Balaban J connectivity index is 1.35. The zero-order valence-corrected chi connectivity index (χ0v) is 17.8. The number of aryl methyl sites for hydroxylation is 1. The van der Waals surface area contributed by atoms with Gasteiger partial charge < -0.3 is 9.64 Å². The molecule has 2 aromatic carbocycles. The first kappa shape index (κ1) is 19.4. The fraction of sp³-hybridized carbons (Fsp3) is 0.318. The molecule has 6 nitrogen and oxygen atoms in total. The number of aromatic nitrogens is 2. The van der Waals surface area contributed by atoms with Crippen molar-refractivity contribution in [3.05, 3.63) is 57.2 Å². The zero-order valence-electron chi connectivity index (χ0n) is 16.3. The van der Waals surface area contributed by atoms with Crippen LogP contribution in [0.5, 0.6) is 5.75 Å². The van der Waals surface area contributed by atoms with Gasteiger partial charge in [-0.05, 0) is 36.8 Å². The SMILES string of the molecule is Cc1cc2c(cc1Cl)C(=O)CC1(CCN(C(=O)c3cc(Cl)c4[nH]ncc4c3)CC1)O2. The Morgan fingerprint density at radius 1 is 1.17 bits per heavy atom. The third-order valence-corrected chi connectivity index (χ3v) is 6.79. The lowest BCUT2D eigenvalue weighted by Gasteiger charge is -2.44. The van der Waals surface area contributed by atoms with Crippen LogP contribution < -0.4 is 4.74 Å². The zero-order chi connectivity index (χ0) is 21.0. The minimum absolute atomic E-state index is 0.0371. The number of nitrogens with zero attached hydrogens (tertiary/aromatic N) is 2. The Hall–Kier alpha value is -2.57. The number of piperidine rings is 1. The predicted molar refractivity (Wildman–Crippen MR) is 115 cm³/mol. The Morgan fingerprint density at radius 3 is 2.70 bits per heavy atom. The second kappa shape index (κ2) is 7.00. The predicted octanol–water partition coefficient (Wildman–Crippen LogP) is 4.82. The lowest BCUT2D eigenvalue weighted by Crippen LogP contribution is -2.52. The molecule has 1 spiro atoms. The van der Waals surface area contributed by atoms with E-state index in [-0.39, 0.29) is 11.7 Å². The minimum atomic E-state index is -0.576. The number of carbonyl (C=O) groups excluding carboxylic acids is 2. The number of rotatable bonds is 1. The van der Waals surface area contributed by atoms with E-state index in [0.29, 0.717) is 64.8 Å². The number of hydrogen-bond acceptors (Lipinski definition) is 4. The van der Waals surface area contributed by atoms with E-state index in [1.807, 2.05) is 13.0 Å². The number of aromatic amines is 1. The molecular weight excluding hydrogens is 425 g/mol. The van der Waals surface area contributed by atoms with Crippen molar-refractivity contribution in [1.82, 2.24) is 15.1 Å². The molecule has 8 heteroatoms. The first-order chi connectivity index (χ1) is 14.3. The van der Waals surface area contributed by atoms with Crippen LogP contribution in [-0.2, 0) is 0 Å². The van der Waals surface area contributed by atoms with Crippen molar-refractivity contribution >= 4 is 45.8 Å². The van der Waals surface area contributed by atoms with Crippen molar-refractivity contribution in [2.75, 3.05) is 13.1 Å². The maximum absolute atomic E-state index is 13.0. The van der Waals surface area contributed by atoms with E-state index in [0.717, 1.165) is 10.9 Å². The third kappa shape index (κ3) is 3.15. The Bertz CT molecular complexity index is 1200. The van der Waals surface area contributed by atoms with Gasteiger partial charge in [0.05, 0.1) is 28.7 Å². The smallest absolute Gasteiger partial charge is 0.253 e. The van der Waals surface area contributed by atoms with E-state index >= 15 is 0 Å². The van der Waals surface area contributed by atoms with E-state index in [9.17, 15) is 9.59 Å². The second-order valence-corrected chi connectivity index (χ2v) is 8.88. The summed E-state index contributed by atoms with van der Waals surface area (Å²) in [5.74, 6) is 0.542. The molecule has 0 unspecified atom stereocenters. The number of Topliss-reactive ketones (excluding diaryl/α,β-unsaturated/α-hetero) is 1. The molecule has 0 bridgehead atoms. The summed E-state index contributed by atoms with van der Waals surface area (Å²) < 4.78 is 6.32. The highest BCUT2D eigenvalue weighted by atomic mass is 35.5. The van der Waals surface area contributed by atoms with Gasteiger partial charge >= 0.3 is 0 Å². The van der Waals surface area contributed by atoms with Gasteiger partial charge in [-0.15, -0.1) is 0 Å². The number of halogens is 2. The van der Waals surface area contributed by atoms with Crippen molar-refractivity contribution < 1.29 is 14.3 Å². The van der Waals surface area contributed by atoms with Gasteiger partial charge in [0.25, 0.3) is 5.91 Å². The highest BCUT2D eigenvalue weighted by molar-refractivity contribution is 6.35. The topological polar surface area (TPSA) is 75.3 Å². The van der Waals surface area contributed by atoms with E-state index in [1.54, 1.807) is 29.3 Å². The number of carbonyl (C=O) groups is 2. The van der Waals surface area contributed by atoms with E-state index in [4.69, 9.17) is 27.9 Å². The fourth-order valence-corrected chi connectivity index (χ4v) is 4.76. The van der Waals surface area contributed by atoms with Crippen LogP contribution in [0, 0.1) is 6.92 Å². The number of ketones is 1. The van der Waals surface area contributed by atoms with Crippen LogP contribution in [0.3, 0.4) is 0 Å². The van der Waals surface area contributed by atoms with Crippen molar-refractivity contribution in [2.24, 2.45) is 0 Å². The van der Waals surface area contributed by atoms with Crippen molar-refractivity contribution in [3.8, 4) is 5.75 Å². The molecule has 0 radical (unpaired) electrons. The first-order valence-corrected chi connectivity index (χ1v) is 10.6. The van der Waals surface area contributed by atoms with Crippen molar-refractivity contribution in [3.63, 3.8) is 0 Å². The van der Waals surface area contributed by atoms with Crippen LogP contribution in [0.15, 0.2) is 30.5 Å². The quantitative estimate of drug-likeness (QED) is 0.584. The maximum Gasteiger partial charge on any atom is 0.253 e. The molecule has 1 amide bonds. The molecule has 0 atom stereocenters. The normalized spacial score (nSPS) is 17.8. The Kier molecular flexibility index (Phi) is 4.52. The summed E-state index contributed by atoms with van der Waals surface area (Å²) in [5.41, 5.74) is 2.08. The number of hydrogen-bond donors (Lipinski definition) is 1. The number of amides is 1. The van der Waals surface area contributed by atoms with Gasteiger partial charge in [-0.3, -0.25) is 14.7 Å². The van der Waals surface area contributed by atoms with Crippen molar-refractivity contribution in [1.29, 1.82) is 0 Å². The lowest BCUT2D eigenvalue weighted by atomic mass is 9.82. The Morgan fingerprint density at radius 2 is 1.93 bits per heavy atom. The van der Waals surface area contributed by atoms with Gasteiger partial charge in [-0.2, -0.15) is 5.10 Å². The summed E-state index contributed by atoms with van der Waals surface area (Å²) in [6.45, 7) is 2.91. The maximum atomic E-state index is 13.0. The average Bonchev–Trinajstić information content (AvgIpc) is 3.19. The highest BCUT2D eigenvalue weighted by Gasteiger charge is 2.44. The molecule has 2 aliphatic heterocycles. The Labute approximate surface area is 183 Å². The van der Waals surface area contributed by atoms with E-state index in [1.165, 1.54) is 0 Å². The molecule has 1 aromatic heterocycles. The van der Waals surface area contributed by atoms with Crippen LogP contribution in [0.2, 0.25) is 10.0 Å². The molecule has 1 N–H and O–H groups in total. The molecule has 3 heterocycles. The molecule has 30 heavy (non-hydrogen) atoms. The van der Waals surface area contributed by atoms with Gasteiger partial charge in [-0.1, -0.05) is 23.2 Å². The molecular formula is C22H19Cl2N3O3. The largest absolute Gasteiger partial charge is 0.486 e. The summed E-state index contributed by atoms with van der Waals surface area (Å²) in [4.78, 5) is 27.6. The molecule has 1 saturated heterocycles. The van der Waals surface area contributed by atoms with Gasteiger partial charge in [0.1, 0.15) is 11.4 Å². The summed E-state index contributed by atoms with van der Waals surface area (Å²) >= 11 is 12.5. The van der Waals surface area contributed by atoms with Gasteiger partial charge in [0.15, 0.2) is 5.78 Å². The monoisotopic (exact) mass is 443 g/mol. The standard InChI is InChI=1S/C22H19Cl2N3O3/c1-12-6-19-15(9-16(12)23)18(28)10-22(30-19)2-4-27(5-3-22)21(29)13-7-14-11-25-26-20(14)17(24)8-13/h6-9,11H,2-5,10H2,1H3,(H,25,26). The van der Waals surface area contributed by atoms with Crippen LogP contribution in [0.25, 0.3) is 10.9 Å². The summed E-state index contributed by atoms with van der Waals surface area (Å²) in [5, 5.41) is 8.64. The molecule has 5 rings (SSSR count). The van der Waals surface area contributed by atoms with E-state index < -0.39 is 5.60 Å². The van der Waals surface area contributed by atoms with Gasteiger partial charge in [0.2, 0.25) is 0 Å². The molecule has 2 aliphatic rings. The molecule has 0 saturated carbocycles. The number of benzene rings is 2. The molecule has 0 aliphatic carbocycles. The minimum Gasteiger partial charge on any atom is -0.486 e. The van der Waals surface area contributed by atoms with Gasteiger partial charge in [-0.25, -0.2) is 0 Å². The second-order valence-electron chi connectivity index (χ2n) is 8.07. The third-order valence-electron chi connectivity index (χ3n) is 6.08. The first-order valence-electron chi connectivity index (χ1n) is 9.79. The summed E-state index contributed by atoms with van der Waals surface area (Å²) in [6, 6.07) is 6.98. The average molecular weight is 444 g/mol. The number of nitrogens with one attached hydrogen (secondary N) is 1. The van der Waals surface area contributed by atoms with Crippen LogP contribution in [0.1, 0.15) is 45.5 Å². The summed E-state index contributed by atoms with van der Waals surface area (Å²) in [7, 11) is 0. The van der Waals surface area contributed by atoms with E-state index in [2.05, 4.69) is 10.2 Å². The highest BCUT2D eigenvalue weighted by Crippen LogP contribution is 2.41. The van der Waals surface area contributed by atoms with Gasteiger partial charge in [0, 0.05) is 41.9 Å². The molecule has 154 valence electrons.